The summed E-state index contributed by atoms with van der Waals surface area (Å²) in [6, 6.07) is 0. The third-order valence-corrected chi connectivity index (χ3v) is 3.26. The van der Waals surface area contributed by atoms with Gasteiger partial charge in [0.05, 0.1) is 23.4 Å². The highest BCUT2D eigenvalue weighted by Crippen LogP contribution is 2.12. The van der Waals surface area contributed by atoms with Crippen LogP contribution in [0.5, 0.6) is 0 Å². The normalized spacial score (nSPS) is 17.1. The van der Waals surface area contributed by atoms with Crippen molar-refractivity contribution in [2.45, 2.75) is 13.5 Å². The van der Waals surface area contributed by atoms with Crippen molar-refractivity contribution in [3.8, 4) is 0 Å². The Morgan fingerprint density at radius 3 is 2.88 bits per heavy atom. The van der Waals surface area contributed by atoms with Crippen LogP contribution < -0.4 is 5.43 Å². The van der Waals surface area contributed by atoms with E-state index in [1.807, 2.05) is 11.9 Å². The van der Waals surface area contributed by atoms with E-state index in [1.54, 1.807) is 10.9 Å². The Bertz CT molecular complexity index is 382. The van der Waals surface area contributed by atoms with Crippen molar-refractivity contribution < 1.29 is 9.53 Å². The molecule has 0 bridgehead atoms. The van der Waals surface area contributed by atoms with Crippen LogP contribution in [0, 0.1) is 6.92 Å². The van der Waals surface area contributed by atoms with E-state index in [0.717, 1.165) is 23.3 Å². The summed E-state index contributed by atoms with van der Waals surface area (Å²) in [6.07, 6.45) is 1.80. The average molecular weight is 303 g/mol. The summed E-state index contributed by atoms with van der Waals surface area (Å²) < 4.78 is 7.74. The van der Waals surface area contributed by atoms with Crippen LogP contribution in [0.4, 0.5) is 0 Å². The fourth-order valence-corrected chi connectivity index (χ4v) is 1.92. The van der Waals surface area contributed by atoms with Gasteiger partial charge in [-0.15, -0.1) is 0 Å². The Balaban J connectivity index is 1.84. The number of halogens is 1. The molecule has 0 spiro atoms. The summed E-state index contributed by atoms with van der Waals surface area (Å²) >= 11 is 3.36. The fourth-order valence-electron chi connectivity index (χ4n) is 1.61. The number of carbonyl (C=O) groups is 1. The number of hydrogen-bond acceptors (Lipinski definition) is 4. The molecule has 1 aromatic rings. The fraction of sp³-hybridized carbons (Fsp3) is 0.600. The van der Waals surface area contributed by atoms with Gasteiger partial charge in [0.25, 0.3) is 5.91 Å². The van der Waals surface area contributed by atoms with Crippen LogP contribution in [0.1, 0.15) is 5.69 Å². The number of ether oxygens (including phenoxy) is 1. The predicted octanol–water partition coefficient (Wildman–Crippen LogP) is 0.317. The van der Waals surface area contributed by atoms with Crippen molar-refractivity contribution in [2.75, 3.05) is 26.3 Å². The van der Waals surface area contributed by atoms with E-state index in [9.17, 15) is 4.79 Å². The van der Waals surface area contributed by atoms with Crippen molar-refractivity contribution in [1.82, 2.24) is 20.2 Å². The lowest BCUT2D eigenvalue weighted by Crippen LogP contribution is -2.49. The Hall–Kier alpha value is -0.920. The molecule has 94 valence electrons. The zero-order valence-corrected chi connectivity index (χ0v) is 11.2. The maximum atomic E-state index is 11.7. The topological polar surface area (TPSA) is 59.4 Å². The summed E-state index contributed by atoms with van der Waals surface area (Å²) in [4.78, 5) is 11.7. The Kier molecular flexibility index (Phi) is 4.14. The van der Waals surface area contributed by atoms with Gasteiger partial charge in [-0.1, -0.05) is 0 Å². The molecule has 1 amide bonds. The third-order valence-electron chi connectivity index (χ3n) is 2.49. The molecular weight excluding hydrogens is 288 g/mol. The van der Waals surface area contributed by atoms with Gasteiger partial charge >= 0.3 is 0 Å². The molecule has 0 aromatic carbocycles. The number of aryl methyl sites for hydroxylation is 1. The zero-order valence-electron chi connectivity index (χ0n) is 9.65. The molecule has 0 unspecified atom stereocenters. The number of hydrogen-bond donors (Lipinski definition) is 1. The number of hydrazine groups is 1. The SMILES string of the molecule is Cc1nn(CC(=O)NN2CCOCC2)cc1Br. The lowest BCUT2D eigenvalue weighted by Gasteiger charge is -2.26. The number of nitrogens with one attached hydrogen (secondary N) is 1. The molecule has 2 heterocycles. The molecule has 1 fully saturated rings. The molecule has 1 aliphatic rings. The molecule has 1 aliphatic heterocycles. The first-order chi connectivity index (χ1) is 8.15. The Labute approximate surface area is 108 Å². The van der Waals surface area contributed by atoms with Crippen molar-refractivity contribution in [3.63, 3.8) is 0 Å². The van der Waals surface area contributed by atoms with E-state index in [1.165, 1.54) is 0 Å². The third kappa shape index (κ3) is 3.52. The smallest absolute Gasteiger partial charge is 0.255 e. The highest BCUT2D eigenvalue weighted by Gasteiger charge is 2.13. The summed E-state index contributed by atoms with van der Waals surface area (Å²) in [7, 11) is 0. The summed E-state index contributed by atoms with van der Waals surface area (Å²) in [5.74, 6) is -0.0677. The second-order valence-corrected chi connectivity index (χ2v) is 4.75. The molecule has 17 heavy (non-hydrogen) atoms. The van der Waals surface area contributed by atoms with Gasteiger partial charge in [-0.2, -0.15) is 5.10 Å². The summed E-state index contributed by atoms with van der Waals surface area (Å²) in [5, 5.41) is 6.08. The monoisotopic (exact) mass is 302 g/mol. The highest BCUT2D eigenvalue weighted by atomic mass is 79.9. The number of amides is 1. The standard InChI is InChI=1S/C10H15BrN4O2/c1-8-9(11)6-15(12-8)7-10(16)13-14-2-4-17-5-3-14/h6H,2-5,7H2,1H3,(H,13,16). The van der Waals surface area contributed by atoms with Gasteiger partial charge in [0.1, 0.15) is 6.54 Å². The lowest BCUT2D eigenvalue weighted by molar-refractivity contribution is -0.128. The van der Waals surface area contributed by atoms with Gasteiger partial charge < -0.3 is 4.74 Å². The first-order valence-corrected chi connectivity index (χ1v) is 6.26. The van der Waals surface area contributed by atoms with Crippen LogP contribution in [0.15, 0.2) is 10.7 Å². The second kappa shape index (κ2) is 5.61. The average Bonchev–Trinajstić information content (AvgIpc) is 2.59. The van der Waals surface area contributed by atoms with Crippen LogP contribution in [0.3, 0.4) is 0 Å². The number of morpholine rings is 1. The maximum Gasteiger partial charge on any atom is 0.255 e. The van der Waals surface area contributed by atoms with Crippen LogP contribution in [0.25, 0.3) is 0 Å². The quantitative estimate of drug-likeness (QED) is 0.873. The molecular formula is C10H15BrN4O2. The van der Waals surface area contributed by atoms with E-state index in [-0.39, 0.29) is 12.5 Å². The van der Waals surface area contributed by atoms with Crippen molar-refractivity contribution in [3.05, 3.63) is 16.4 Å². The molecule has 1 saturated heterocycles. The van der Waals surface area contributed by atoms with E-state index in [4.69, 9.17) is 4.74 Å². The minimum absolute atomic E-state index is 0.0677. The molecule has 6 nitrogen and oxygen atoms in total. The van der Waals surface area contributed by atoms with Gasteiger partial charge in [-0.3, -0.25) is 14.9 Å². The molecule has 0 radical (unpaired) electrons. The molecule has 7 heteroatoms. The van der Waals surface area contributed by atoms with E-state index < -0.39 is 0 Å². The van der Waals surface area contributed by atoms with Crippen molar-refractivity contribution in [2.24, 2.45) is 0 Å². The second-order valence-electron chi connectivity index (χ2n) is 3.89. The molecule has 0 atom stereocenters. The Morgan fingerprint density at radius 2 is 2.29 bits per heavy atom. The first-order valence-electron chi connectivity index (χ1n) is 5.47. The Morgan fingerprint density at radius 1 is 1.59 bits per heavy atom. The number of carbonyl (C=O) groups excluding carboxylic acids is 1. The predicted molar refractivity (Wildman–Crippen MR) is 65.2 cm³/mol. The number of rotatable bonds is 3. The van der Waals surface area contributed by atoms with E-state index >= 15 is 0 Å². The van der Waals surface area contributed by atoms with Gasteiger partial charge in [0.2, 0.25) is 0 Å². The maximum absolute atomic E-state index is 11.7. The first kappa shape index (κ1) is 12.5. The summed E-state index contributed by atoms with van der Waals surface area (Å²) in [5.41, 5.74) is 3.71. The van der Waals surface area contributed by atoms with Crippen LogP contribution >= 0.6 is 15.9 Å². The van der Waals surface area contributed by atoms with Gasteiger partial charge in [0.15, 0.2) is 0 Å². The largest absolute Gasteiger partial charge is 0.379 e. The molecule has 0 saturated carbocycles. The highest BCUT2D eigenvalue weighted by molar-refractivity contribution is 9.10. The molecule has 2 rings (SSSR count). The molecule has 1 aromatic heterocycles. The van der Waals surface area contributed by atoms with Crippen molar-refractivity contribution >= 4 is 21.8 Å². The minimum atomic E-state index is -0.0677. The van der Waals surface area contributed by atoms with Crippen LogP contribution in [0.2, 0.25) is 0 Å². The van der Waals surface area contributed by atoms with Gasteiger partial charge in [-0.05, 0) is 22.9 Å². The van der Waals surface area contributed by atoms with Gasteiger partial charge in [0, 0.05) is 19.3 Å². The minimum Gasteiger partial charge on any atom is -0.379 e. The molecule has 0 aliphatic carbocycles. The zero-order chi connectivity index (χ0) is 12.3. The number of aromatic nitrogens is 2. The van der Waals surface area contributed by atoms with E-state index in [0.29, 0.717) is 13.2 Å². The van der Waals surface area contributed by atoms with Crippen molar-refractivity contribution in [1.29, 1.82) is 0 Å². The number of nitrogens with zero attached hydrogens (tertiary/aromatic N) is 3. The molecule has 1 N–H and O–H groups in total. The van der Waals surface area contributed by atoms with Crippen LogP contribution in [-0.4, -0.2) is 47.0 Å². The lowest BCUT2D eigenvalue weighted by atomic mass is 10.5. The van der Waals surface area contributed by atoms with Gasteiger partial charge in [-0.25, -0.2) is 5.01 Å². The summed E-state index contributed by atoms with van der Waals surface area (Å²) in [6.45, 7) is 4.89. The van der Waals surface area contributed by atoms with Crippen LogP contribution in [-0.2, 0) is 16.1 Å². The van der Waals surface area contributed by atoms with E-state index in [2.05, 4.69) is 26.5 Å².